The average Bonchev–Trinajstić information content (AvgIpc) is 3.51. The highest BCUT2D eigenvalue weighted by Crippen LogP contribution is 2.19. The second kappa shape index (κ2) is 21.2. The number of alkyl carbamates (subject to hydrolysis) is 1. The molecule has 0 aromatic carbocycles. The van der Waals surface area contributed by atoms with Gasteiger partial charge in [0, 0.05) is 13.1 Å². The van der Waals surface area contributed by atoms with E-state index in [2.05, 4.69) is 10.1 Å². The Bertz CT molecular complexity index is 1150. The van der Waals surface area contributed by atoms with Gasteiger partial charge >= 0.3 is 30.3 Å². The fourth-order valence-corrected chi connectivity index (χ4v) is 4.21. The highest BCUT2D eigenvalue weighted by Gasteiger charge is 2.25. The van der Waals surface area contributed by atoms with Crippen LogP contribution in [0.4, 0.5) is 14.4 Å². The third-order valence-electron chi connectivity index (χ3n) is 4.52. The van der Waals surface area contributed by atoms with Crippen molar-refractivity contribution in [2.24, 2.45) is 5.73 Å². The summed E-state index contributed by atoms with van der Waals surface area (Å²) < 4.78 is 18.8. The summed E-state index contributed by atoms with van der Waals surface area (Å²) >= 11 is 2.90. The maximum Gasteiger partial charge on any atom is 0.519 e. The Morgan fingerprint density at radius 2 is 1.09 bits per heavy atom. The van der Waals surface area contributed by atoms with E-state index in [-0.39, 0.29) is 27.9 Å². The van der Waals surface area contributed by atoms with Crippen LogP contribution in [-0.4, -0.2) is 70.4 Å². The van der Waals surface area contributed by atoms with Gasteiger partial charge in [0.25, 0.3) is 0 Å². The first-order valence-electron chi connectivity index (χ1n) is 13.3. The molecule has 0 radical (unpaired) electrons. The van der Waals surface area contributed by atoms with E-state index in [1.807, 2.05) is 10.8 Å². The van der Waals surface area contributed by atoms with Crippen molar-refractivity contribution in [3.63, 3.8) is 0 Å². The molecular weight excluding hydrogens is 640 g/mol. The van der Waals surface area contributed by atoms with Crippen LogP contribution in [0.15, 0.2) is 33.7 Å². The minimum absolute atomic E-state index is 0. The van der Waals surface area contributed by atoms with Gasteiger partial charge in [-0.25, -0.2) is 14.4 Å². The summed E-state index contributed by atoms with van der Waals surface area (Å²) in [4.78, 5) is 55.1. The number of hydrogen-bond acceptors (Lipinski definition) is 12. The van der Waals surface area contributed by atoms with E-state index < -0.39 is 59.0 Å². The Morgan fingerprint density at radius 3 is 1.37 bits per heavy atom. The SMILES string of the molecule is C.C.CC(C)(C)OC(=O)NCC(C(=O)O)c1ccsc1.CC(C)(C)OC(=O)OC(=O)OC(C)(C)C.NCC(C(=O)O)c1ccsc1. The van der Waals surface area contributed by atoms with E-state index in [0.717, 1.165) is 5.56 Å². The zero-order valence-corrected chi connectivity index (χ0v) is 28.1. The average molecular weight is 693 g/mol. The number of thiophene rings is 2. The lowest BCUT2D eigenvalue weighted by Crippen LogP contribution is -2.36. The van der Waals surface area contributed by atoms with E-state index in [0.29, 0.717) is 5.56 Å². The number of amides is 1. The van der Waals surface area contributed by atoms with Gasteiger partial charge in [0.1, 0.15) is 16.8 Å². The van der Waals surface area contributed by atoms with Crippen LogP contribution >= 0.6 is 22.7 Å². The van der Waals surface area contributed by atoms with Crippen molar-refractivity contribution in [3.8, 4) is 0 Å². The molecule has 0 aliphatic heterocycles. The zero-order chi connectivity index (χ0) is 34.3. The summed E-state index contributed by atoms with van der Waals surface area (Å²) in [6, 6.07) is 3.52. The molecule has 0 saturated heterocycles. The molecule has 13 nitrogen and oxygen atoms in total. The van der Waals surface area contributed by atoms with Crippen LogP contribution < -0.4 is 11.1 Å². The van der Waals surface area contributed by atoms with Gasteiger partial charge in [-0.3, -0.25) is 9.59 Å². The monoisotopic (exact) mass is 692 g/mol. The second-order valence-electron chi connectivity index (χ2n) is 12.0. The molecule has 2 aromatic heterocycles. The molecule has 2 aromatic rings. The van der Waals surface area contributed by atoms with Crippen molar-refractivity contribution < 1.29 is 53.1 Å². The maximum absolute atomic E-state index is 11.4. The number of carbonyl (C=O) groups is 5. The van der Waals surface area contributed by atoms with Crippen LogP contribution in [0.2, 0.25) is 0 Å². The number of ether oxygens (including phenoxy) is 4. The molecular formula is C31H52N2O11S2. The lowest BCUT2D eigenvalue weighted by atomic mass is 10.0. The molecule has 2 atom stereocenters. The van der Waals surface area contributed by atoms with Crippen molar-refractivity contribution in [2.45, 2.75) is 106 Å². The van der Waals surface area contributed by atoms with E-state index in [4.69, 9.17) is 30.2 Å². The van der Waals surface area contributed by atoms with E-state index >= 15 is 0 Å². The first-order chi connectivity index (χ1) is 20.0. The maximum atomic E-state index is 11.4. The number of nitrogens with two attached hydrogens (primary N) is 1. The molecule has 2 unspecified atom stereocenters. The molecule has 0 aliphatic carbocycles. The molecule has 264 valence electrons. The first kappa shape index (κ1) is 46.7. The van der Waals surface area contributed by atoms with Crippen LogP contribution in [0.3, 0.4) is 0 Å². The van der Waals surface area contributed by atoms with Crippen molar-refractivity contribution in [3.05, 3.63) is 44.8 Å². The van der Waals surface area contributed by atoms with Gasteiger partial charge in [-0.15, -0.1) is 0 Å². The normalized spacial score (nSPS) is 12.0. The van der Waals surface area contributed by atoms with Gasteiger partial charge in [-0.2, -0.15) is 22.7 Å². The van der Waals surface area contributed by atoms with Crippen LogP contribution in [0, 0.1) is 0 Å². The quantitative estimate of drug-likeness (QED) is 0.127. The Morgan fingerprint density at radius 1 is 0.717 bits per heavy atom. The van der Waals surface area contributed by atoms with Gasteiger partial charge in [0.15, 0.2) is 0 Å². The van der Waals surface area contributed by atoms with E-state index in [9.17, 15) is 24.0 Å². The third kappa shape index (κ3) is 22.8. The molecule has 2 heterocycles. The number of rotatable bonds is 7. The van der Waals surface area contributed by atoms with Crippen LogP contribution in [0.1, 0.15) is 100 Å². The molecule has 1 amide bonds. The molecule has 0 spiro atoms. The first-order valence-corrected chi connectivity index (χ1v) is 15.2. The van der Waals surface area contributed by atoms with Crippen molar-refractivity contribution in [1.82, 2.24) is 5.32 Å². The van der Waals surface area contributed by atoms with Gasteiger partial charge in [0.2, 0.25) is 0 Å². The zero-order valence-electron chi connectivity index (χ0n) is 26.5. The molecule has 0 fully saturated rings. The van der Waals surface area contributed by atoms with E-state index in [1.165, 1.54) is 22.7 Å². The second-order valence-corrected chi connectivity index (χ2v) is 13.6. The fraction of sp³-hybridized carbons (Fsp3) is 0.581. The molecule has 0 aliphatic rings. The molecule has 15 heteroatoms. The summed E-state index contributed by atoms with van der Waals surface area (Å²) in [7, 11) is 0. The number of nitrogens with one attached hydrogen (secondary N) is 1. The van der Waals surface area contributed by atoms with Crippen molar-refractivity contribution in [2.75, 3.05) is 13.1 Å². The molecule has 5 N–H and O–H groups in total. The topological polar surface area (TPSA) is 201 Å². The summed E-state index contributed by atoms with van der Waals surface area (Å²) in [6.45, 7) is 15.4. The molecule has 0 saturated carbocycles. The Hall–Kier alpha value is -3.69. The Labute approximate surface area is 280 Å². The summed E-state index contributed by atoms with van der Waals surface area (Å²) in [6.07, 6.45) is -2.72. The number of aliphatic carboxylic acids is 2. The minimum atomic E-state index is -1.06. The van der Waals surface area contributed by atoms with Crippen LogP contribution in [-0.2, 0) is 28.5 Å². The summed E-state index contributed by atoms with van der Waals surface area (Å²) in [5, 5.41) is 27.5. The lowest BCUT2D eigenvalue weighted by Gasteiger charge is -2.20. The standard InChI is InChI=1S/C12H17NO4S.C10H18O5.C7H9NO2S.2CH4/c1-12(2,3)17-11(16)13-6-9(10(14)15)8-4-5-18-7-8;1-9(2,3)14-7(11)13-8(12)15-10(4,5)6;8-3-6(7(9)10)5-1-2-11-4-5;;/h4-5,7,9H,6H2,1-3H3,(H,13,16)(H,14,15);1-6H3;1-2,4,6H,3,8H2,(H,9,10);2*1H4. The van der Waals surface area contributed by atoms with Crippen molar-refractivity contribution >= 4 is 53.0 Å². The highest BCUT2D eigenvalue weighted by atomic mass is 32.1. The van der Waals surface area contributed by atoms with Gasteiger partial charge < -0.3 is 40.2 Å². The predicted molar refractivity (Wildman–Crippen MR) is 180 cm³/mol. The molecule has 0 bridgehead atoms. The summed E-state index contributed by atoms with van der Waals surface area (Å²) in [5.74, 6) is -3.11. The summed E-state index contributed by atoms with van der Waals surface area (Å²) in [5.41, 5.74) is 4.79. The number of carbonyl (C=O) groups excluding carboxylic acids is 3. The van der Waals surface area contributed by atoms with E-state index in [1.54, 1.807) is 85.2 Å². The minimum Gasteiger partial charge on any atom is -0.481 e. The van der Waals surface area contributed by atoms with Gasteiger partial charge in [-0.1, -0.05) is 14.9 Å². The molecule has 46 heavy (non-hydrogen) atoms. The fourth-order valence-electron chi connectivity index (χ4n) is 2.78. The third-order valence-corrected chi connectivity index (χ3v) is 5.92. The lowest BCUT2D eigenvalue weighted by molar-refractivity contribution is -0.139. The Kier molecular flexibility index (Phi) is 21.5. The molecule has 2 rings (SSSR count). The van der Waals surface area contributed by atoms with Crippen LogP contribution in [0.5, 0.6) is 0 Å². The predicted octanol–water partition coefficient (Wildman–Crippen LogP) is 7.46. The number of carboxylic acids is 2. The van der Waals surface area contributed by atoms with Crippen molar-refractivity contribution in [1.29, 1.82) is 0 Å². The van der Waals surface area contributed by atoms with Gasteiger partial charge in [-0.05, 0) is 107 Å². The number of carboxylic acid groups (broad SMARTS) is 2. The number of hydrogen-bond donors (Lipinski definition) is 4. The van der Waals surface area contributed by atoms with Crippen LogP contribution in [0.25, 0.3) is 0 Å². The largest absolute Gasteiger partial charge is 0.519 e. The Balaban J connectivity index is -0.000000606. The smallest absolute Gasteiger partial charge is 0.481 e. The van der Waals surface area contributed by atoms with Gasteiger partial charge in [0.05, 0.1) is 11.8 Å². The highest BCUT2D eigenvalue weighted by molar-refractivity contribution is 7.08.